The Kier molecular flexibility index (Phi) is 5.80. The largest absolute Gasteiger partial charge is 0.508 e. The highest BCUT2D eigenvalue weighted by Gasteiger charge is 2.29. The first kappa shape index (κ1) is 16.5. The third-order valence-electron chi connectivity index (χ3n) is 4.91. The van der Waals surface area contributed by atoms with Crippen LogP contribution in [0.3, 0.4) is 0 Å². The fraction of sp³-hybridized carbons (Fsp3) is 0.526. The molecule has 0 aliphatic heterocycles. The Labute approximate surface area is 133 Å². The molecule has 2 heteroatoms. The van der Waals surface area contributed by atoms with Crippen molar-refractivity contribution < 1.29 is 5.11 Å². The molecule has 0 aromatic heterocycles. The van der Waals surface area contributed by atoms with E-state index in [1.165, 1.54) is 44.1 Å². The Morgan fingerprint density at radius 2 is 2.14 bits per heavy atom. The molecule has 3 rings (SSSR count). The second kappa shape index (κ2) is 7.40. The molecule has 1 aromatic carbocycles. The Morgan fingerprint density at radius 1 is 1.29 bits per heavy atom. The first-order valence-corrected chi connectivity index (χ1v) is 8.80. The van der Waals surface area contributed by atoms with E-state index < -0.39 is 0 Å². The minimum atomic E-state index is 0. The van der Waals surface area contributed by atoms with Crippen molar-refractivity contribution in [2.45, 2.75) is 50.7 Å². The Bertz CT molecular complexity index is 494. The molecular weight excluding hydrogens is 276 g/mol. The second-order valence-electron chi connectivity index (χ2n) is 6.33. The summed E-state index contributed by atoms with van der Waals surface area (Å²) in [6, 6.07) is 7.66. The monoisotopic (exact) mass is 302 g/mol. The van der Waals surface area contributed by atoms with Gasteiger partial charge in [-0.3, -0.25) is 0 Å². The van der Waals surface area contributed by atoms with Gasteiger partial charge in [0.05, 0.1) is 0 Å². The number of hydrogen-bond acceptors (Lipinski definition) is 2. The molecule has 2 aliphatic carbocycles. The summed E-state index contributed by atoms with van der Waals surface area (Å²) < 4.78 is 0. The van der Waals surface area contributed by atoms with E-state index in [1.807, 2.05) is 23.9 Å². The number of allylic oxidation sites excluding steroid dienone is 1. The van der Waals surface area contributed by atoms with E-state index >= 15 is 0 Å². The van der Waals surface area contributed by atoms with Crippen molar-refractivity contribution in [3.05, 3.63) is 48.2 Å². The number of phenols is 1. The van der Waals surface area contributed by atoms with Gasteiger partial charge in [0.1, 0.15) is 5.75 Å². The Hall–Kier alpha value is -0.890. The van der Waals surface area contributed by atoms with Crippen LogP contribution in [0.15, 0.2) is 35.2 Å². The third-order valence-corrected chi connectivity index (χ3v) is 6.03. The Morgan fingerprint density at radius 3 is 2.95 bits per heavy atom. The lowest BCUT2D eigenvalue weighted by Crippen LogP contribution is -2.22. The van der Waals surface area contributed by atoms with Gasteiger partial charge in [-0.15, -0.1) is 11.8 Å². The lowest BCUT2D eigenvalue weighted by atomic mass is 9.70. The molecule has 1 N–H and O–H groups in total. The maximum Gasteiger partial charge on any atom is 0.115 e. The zero-order valence-electron chi connectivity index (χ0n) is 12.9. The maximum atomic E-state index is 9.57. The first-order chi connectivity index (χ1) is 9.72. The van der Waals surface area contributed by atoms with Gasteiger partial charge in [-0.25, -0.2) is 0 Å². The highest BCUT2D eigenvalue weighted by atomic mass is 32.2. The molecule has 0 spiro atoms. The van der Waals surface area contributed by atoms with E-state index in [2.05, 4.69) is 18.4 Å². The fourth-order valence-electron chi connectivity index (χ4n) is 3.67. The number of rotatable bonds is 3. The van der Waals surface area contributed by atoms with Crippen molar-refractivity contribution in [2.24, 2.45) is 11.8 Å². The lowest BCUT2D eigenvalue weighted by molar-refractivity contribution is 0.242. The molecule has 114 valence electrons. The van der Waals surface area contributed by atoms with E-state index in [9.17, 15) is 5.11 Å². The normalized spacial score (nSPS) is 28.0. The molecule has 2 bridgehead atoms. The standard InChI is InChI=1S/C18H24OS.CH2/c1-13(15-5-3-7-18(19)11-15)20-12-17-9-8-14-4-2-6-16(17)10-14;/h3,5,7,11-14,16,19H,2,4,6,8-10H2,1H3;1H2. The van der Waals surface area contributed by atoms with Gasteiger partial charge in [0.2, 0.25) is 0 Å². The van der Waals surface area contributed by atoms with Crippen molar-refractivity contribution in [3.8, 4) is 5.75 Å². The average Bonchev–Trinajstić information content (AvgIpc) is 2.46. The van der Waals surface area contributed by atoms with Crippen molar-refractivity contribution in [3.63, 3.8) is 0 Å². The zero-order chi connectivity index (χ0) is 13.9. The molecule has 2 aliphatic rings. The van der Waals surface area contributed by atoms with Crippen LogP contribution in [0.1, 0.15) is 56.3 Å². The zero-order valence-corrected chi connectivity index (χ0v) is 13.7. The number of hydrogen-bond donors (Lipinski definition) is 1. The van der Waals surface area contributed by atoms with Gasteiger partial charge >= 0.3 is 0 Å². The predicted octanol–water partition coefficient (Wildman–Crippen LogP) is 6.00. The highest BCUT2D eigenvalue weighted by molar-refractivity contribution is 8.02. The molecule has 1 aromatic rings. The topological polar surface area (TPSA) is 20.2 Å². The predicted molar refractivity (Wildman–Crippen MR) is 92.2 cm³/mol. The molecule has 3 unspecified atom stereocenters. The summed E-state index contributed by atoms with van der Waals surface area (Å²) >= 11 is 1.92. The van der Waals surface area contributed by atoms with Crippen LogP contribution in [0.4, 0.5) is 0 Å². The number of aromatic hydroxyl groups is 1. The molecule has 0 saturated heterocycles. The van der Waals surface area contributed by atoms with Gasteiger partial charge in [-0.2, -0.15) is 0 Å². The van der Waals surface area contributed by atoms with Crippen LogP contribution in [0.2, 0.25) is 0 Å². The summed E-state index contributed by atoms with van der Waals surface area (Å²) in [5.41, 5.74) is 2.90. The molecule has 2 fully saturated rings. The summed E-state index contributed by atoms with van der Waals surface area (Å²) in [4.78, 5) is 0. The fourth-order valence-corrected chi connectivity index (χ4v) is 4.66. The average molecular weight is 302 g/mol. The van der Waals surface area contributed by atoms with Crippen LogP contribution < -0.4 is 0 Å². The van der Waals surface area contributed by atoms with Crippen LogP contribution >= 0.6 is 11.8 Å². The maximum absolute atomic E-state index is 9.57. The van der Waals surface area contributed by atoms with E-state index in [4.69, 9.17) is 0 Å². The summed E-state index contributed by atoms with van der Waals surface area (Å²) in [6.45, 7) is 2.23. The van der Waals surface area contributed by atoms with Gasteiger partial charge in [0.15, 0.2) is 0 Å². The van der Waals surface area contributed by atoms with Gasteiger partial charge < -0.3 is 5.11 Å². The van der Waals surface area contributed by atoms with E-state index in [-0.39, 0.29) is 7.43 Å². The summed E-state index contributed by atoms with van der Waals surface area (Å²) in [6.07, 6.45) is 8.46. The quantitative estimate of drug-likeness (QED) is 0.739. The summed E-state index contributed by atoms with van der Waals surface area (Å²) in [7, 11) is 0. The molecule has 0 amide bonds. The third kappa shape index (κ3) is 4.06. The minimum Gasteiger partial charge on any atom is -0.508 e. The lowest BCUT2D eigenvalue weighted by Gasteiger charge is -2.36. The number of thioether (sulfide) groups is 1. The van der Waals surface area contributed by atoms with E-state index in [0.717, 1.165) is 11.8 Å². The number of fused-ring (bicyclic) bond motifs is 2. The Balaban J connectivity index is 0.00000161. The molecule has 2 radical (unpaired) electrons. The van der Waals surface area contributed by atoms with Crippen LogP contribution in [-0.2, 0) is 0 Å². The van der Waals surface area contributed by atoms with Crippen molar-refractivity contribution in [2.75, 3.05) is 0 Å². The number of benzene rings is 1. The molecule has 1 nitrogen and oxygen atoms in total. The molecular formula is C19H26OS. The van der Waals surface area contributed by atoms with Gasteiger partial charge in [0, 0.05) is 5.25 Å². The van der Waals surface area contributed by atoms with Gasteiger partial charge in [-0.1, -0.05) is 38.0 Å². The van der Waals surface area contributed by atoms with Crippen LogP contribution in [0.5, 0.6) is 5.75 Å². The van der Waals surface area contributed by atoms with Crippen LogP contribution in [0.25, 0.3) is 0 Å². The van der Waals surface area contributed by atoms with Crippen molar-refractivity contribution in [1.82, 2.24) is 0 Å². The van der Waals surface area contributed by atoms with Crippen LogP contribution in [0, 0.1) is 19.3 Å². The molecule has 3 atom stereocenters. The summed E-state index contributed by atoms with van der Waals surface area (Å²) in [5, 5.41) is 12.4. The van der Waals surface area contributed by atoms with Crippen molar-refractivity contribution >= 4 is 11.8 Å². The smallest absolute Gasteiger partial charge is 0.115 e. The van der Waals surface area contributed by atoms with Crippen LogP contribution in [-0.4, -0.2) is 5.11 Å². The van der Waals surface area contributed by atoms with E-state index in [1.54, 1.807) is 11.6 Å². The highest BCUT2D eigenvalue weighted by Crippen LogP contribution is 2.44. The summed E-state index contributed by atoms with van der Waals surface area (Å²) in [5.74, 6) is 2.25. The minimum absolute atomic E-state index is 0. The van der Waals surface area contributed by atoms with Gasteiger partial charge in [-0.05, 0) is 67.5 Å². The first-order valence-electron chi connectivity index (χ1n) is 7.85. The molecule has 2 saturated carbocycles. The molecule has 0 heterocycles. The second-order valence-corrected chi connectivity index (χ2v) is 7.55. The van der Waals surface area contributed by atoms with Gasteiger partial charge in [0.25, 0.3) is 0 Å². The van der Waals surface area contributed by atoms with E-state index in [0.29, 0.717) is 11.0 Å². The SMILES string of the molecule is CC(SC=C1CCC2CCCC1C2)c1cccc(O)c1.[CH2]. The number of phenolic OH excluding ortho intramolecular Hbond substituents is 1. The molecule has 21 heavy (non-hydrogen) atoms. The van der Waals surface area contributed by atoms with Crippen molar-refractivity contribution in [1.29, 1.82) is 0 Å².